The number of thiophene rings is 1. The van der Waals surface area contributed by atoms with E-state index in [9.17, 15) is 0 Å². The summed E-state index contributed by atoms with van der Waals surface area (Å²) in [6, 6.07) is 12.4. The van der Waals surface area contributed by atoms with Crippen LogP contribution in [-0.2, 0) is 0 Å². The molecule has 12 heavy (non-hydrogen) atoms. The number of rotatable bonds is 1. The van der Waals surface area contributed by atoms with Crippen LogP contribution >= 0.6 is 24.0 Å². The monoisotopic (exact) mass is 192 g/mol. The van der Waals surface area contributed by atoms with Crippen molar-refractivity contribution in [2.45, 2.75) is 4.21 Å². The van der Waals surface area contributed by atoms with Crippen molar-refractivity contribution in [3.63, 3.8) is 0 Å². The zero-order chi connectivity index (χ0) is 8.39. The largest absolute Gasteiger partial charge is 0.137 e. The third-order valence-electron chi connectivity index (χ3n) is 1.69. The third kappa shape index (κ3) is 1.54. The normalized spacial score (nSPS) is 10.1. The van der Waals surface area contributed by atoms with Gasteiger partial charge < -0.3 is 0 Å². The van der Waals surface area contributed by atoms with Gasteiger partial charge in [-0.3, -0.25) is 0 Å². The van der Waals surface area contributed by atoms with E-state index in [0.29, 0.717) is 0 Å². The molecule has 0 bridgehead atoms. The van der Waals surface area contributed by atoms with Crippen LogP contribution in [0.25, 0.3) is 11.1 Å². The highest BCUT2D eigenvalue weighted by molar-refractivity contribution is 7.82. The molecule has 2 heteroatoms. The Morgan fingerprint density at radius 3 is 2.33 bits per heavy atom. The van der Waals surface area contributed by atoms with Crippen LogP contribution in [0, 0.1) is 0 Å². The van der Waals surface area contributed by atoms with Gasteiger partial charge in [0.15, 0.2) is 0 Å². The van der Waals surface area contributed by atoms with Crippen LogP contribution in [0.15, 0.2) is 46.0 Å². The minimum absolute atomic E-state index is 1.06. The van der Waals surface area contributed by atoms with E-state index >= 15 is 0 Å². The van der Waals surface area contributed by atoms with Gasteiger partial charge in [0.2, 0.25) is 0 Å². The van der Waals surface area contributed by atoms with Crippen molar-refractivity contribution in [1.29, 1.82) is 0 Å². The summed E-state index contributed by atoms with van der Waals surface area (Å²) >= 11 is 5.94. The first-order valence-corrected chi connectivity index (χ1v) is 5.02. The van der Waals surface area contributed by atoms with Gasteiger partial charge >= 0.3 is 0 Å². The molecule has 1 heterocycles. The van der Waals surface area contributed by atoms with Gasteiger partial charge in [-0.15, -0.1) is 24.0 Å². The fourth-order valence-electron chi connectivity index (χ4n) is 1.11. The van der Waals surface area contributed by atoms with Crippen molar-refractivity contribution >= 4 is 24.0 Å². The van der Waals surface area contributed by atoms with Crippen LogP contribution < -0.4 is 0 Å². The maximum Gasteiger partial charge on any atom is 0.0574 e. The second-order valence-corrected chi connectivity index (χ2v) is 4.24. The Morgan fingerprint density at radius 2 is 1.75 bits per heavy atom. The smallest absolute Gasteiger partial charge is 0.0574 e. The Labute approximate surface area is 81.3 Å². The Kier molecular flexibility index (Phi) is 2.19. The average Bonchev–Trinajstić information content (AvgIpc) is 2.54. The molecule has 1 aromatic carbocycles. The van der Waals surface area contributed by atoms with Gasteiger partial charge in [-0.05, 0) is 22.6 Å². The van der Waals surface area contributed by atoms with E-state index in [-0.39, 0.29) is 0 Å². The Bertz CT molecular complexity index is 362. The molecule has 0 aliphatic rings. The fourth-order valence-corrected chi connectivity index (χ4v) is 2.05. The lowest BCUT2D eigenvalue weighted by Crippen LogP contribution is -1.69. The van der Waals surface area contributed by atoms with E-state index in [1.807, 2.05) is 18.2 Å². The van der Waals surface area contributed by atoms with Crippen molar-refractivity contribution in [2.75, 3.05) is 0 Å². The SMILES string of the molecule is Sc1cc(-c2ccccc2)cs1. The van der Waals surface area contributed by atoms with E-state index in [2.05, 4.69) is 36.2 Å². The number of benzene rings is 1. The molecular formula is C10H8S2. The first-order valence-electron chi connectivity index (χ1n) is 3.69. The molecule has 0 saturated carbocycles. The molecule has 0 spiro atoms. The Balaban J connectivity index is 2.45. The Morgan fingerprint density at radius 1 is 1.00 bits per heavy atom. The summed E-state index contributed by atoms with van der Waals surface area (Å²) in [6.07, 6.45) is 0. The van der Waals surface area contributed by atoms with Gasteiger partial charge in [0.05, 0.1) is 4.21 Å². The summed E-state index contributed by atoms with van der Waals surface area (Å²) in [7, 11) is 0. The van der Waals surface area contributed by atoms with Gasteiger partial charge in [0.25, 0.3) is 0 Å². The predicted molar refractivity (Wildman–Crippen MR) is 57.0 cm³/mol. The van der Waals surface area contributed by atoms with Crippen LogP contribution in [0.4, 0.5) is 0 Å². The molecule has 0 N–H and O–H groups in total. The summed E-state index contributed by atoms with van der Waals surface area (Å²) in [4.78, 5) is 0. The van der Waals surface area contributed by atoms with Crippen molar-refractivity contribution < 1.29 is 0 Å². The van der Waals surface area contributed by atoms with Gasteiger partial charge in [-0.25, -0.2) is 0 Å². The van der Waals surface area contributed by atoms with E-state index in [1.165, 1.54) is 11.1 Å². The highest BCUT2D eigenvalue weighted by Gasteiger charge is 1.97. The molecule has 0 nitrogen and oxygen atoms in total. The first kappa shape index (κ1) is 7.90. The lowest BCUT2D eigenvalue weighted by Gasteiger charge is -1.93. The van der Waals surface area contributed by atoms with Gasteiger partial charge in [-0.2, -0.15) is 0 Å². The number of hydrogen-bond acceptors (Lipinski definition) is 2. The van der Waals surface area contributed by atoms with E-state index in [1.54, 1.807) is 11.3 Å². The summed E-state index contributed by atoms with van der Waals surface area (Å²) in [5, 5.41) is 2.12. The minimum Gasteiger partial charge on any atom is -0.137 e. The standard InChI is InChI=1S/C10H8S2/c11-10-6-9(7-12-10)8-4-2-1-3-5-8/h1-7,11H. The first-order chi connectivity index (χ1) is 5.86. The molecule has 0 aliphatic carbocycles. The molecule has 0 saturated heterocycles. The van der Waals surface area contributed by atoms with Crippen LogP contribution in [0.2, 0.25) is 0 Å². The fraction of sp³-hybridized carbons (Fsp3) is 0. The van der Waals surface area contributed by atoms with Crippen LogP contribution in [-0.4, -0.2) is 0 Å². The summed E-state index contributed by atoms with van der Waals surface area (Å²) in [5.41, 5.74) is 2.51. The highest BCUT2D eigenvalue weighted by Crippen LogP contribution is 2.26. The molecule has 1 aromatic heterocycles. The number of thiol groups is 1. The molecule has 0 unspecified atom stereocenters. The van der Waals surface area contributed by atoms with Gasteiger partial charge in [0.1, 0.15) is 0 Å². The predicted octanol–water partition coefficient (Wildman–Crippen LogP) is 3.70. The molecule has 0 radical (unpaired) electrons. The van der Waals surface area contributed by atoms with Crippen LogP contribution in [0.3, 0.4) is 0 Å². The van der Waals surface area contributed by atoms with Crippen molar-refractivity contribution in [1.82, 2.24) is 0 Å². The van der Waals surface area contributed by atoms with Crippen LogP contribution in [0.5, 0.6) is 0 Å². The maximum absolute atomic E-state index is 4.27. The van der Waals surface area contributed by atoms with E-state index in [0.717, 1.165) is 4.21 Å². The molecule has 2 aromatic rings. The van der Waals surface area contributed by atoms with Crippen molar-refractivity contribution in [3.8, 4) is 11.1 Å². The second-order valence-electron chi connectivity index (χ2n) is 2.54. The second kappa shape index (κ2) is 3.33. The van der Waals surface area contributed by atoms with Crippen molar-refractivity contribution in [3.05, 3.63) is 41.8 Å². The lowest BCUT2D eigenvalue weighted by atomic mass is 10.1. The Hall–Kier alpha value is -0.730. The lowest BCUT2D eigenvalue weighted by molar-refractivity contribution is 1.65. The van der Waals surface area contributed by atoms with Crippen LogP contribution in [0.1, 0.15) is 0 Å². The minimum atomic E-state index is 1.06. The molecule has 0 amide bonds. The third-order valence-corrected chi connectivity index (χ3v) is 2.87. The topological polar surface area (TPSA) is 0 Å². The van der Waals surface area contributed by atoms with E-state index in [4.69, 9.17) is 0 Å². The average molecular weight is 192 g/mol. The van der Waals surface area contributed by atoms with Crippen molar-refractivity contribution in [2.24, 2.45) is 0 Å². The molecule has 0 fully saturated rings. The highest BCUT2D eigenvalue weighted by atomic mass is 32.2. The molecule has 0 aliphatic heterocycles. The van der Waals surface area contributed by atoms with Gasteiger partial charge in [-0.1, -0.05) is 30.3 Å². The van der Waals surface area contributed by atoms with Gasteiger partial charge in [0, 0.05) is 0 Å². The number of hydrogen-bond donors (Lipinski definition) is 1. The van der Waals surface area contributed by atoms with E-state index < -0.39 is 0 Å². The zero-order valence-corrected chi connectivity index (χ0v) is 8.11. The maximum atomic E-state index is 4.27. The molecule has 60 valence electrons. The molecule has 2 rings (SSSR count). The summed E-state index contributed by atoms with van der Waals surface area (Å²) in [5.74, 6) is 0. The summed E-state index contributed by atoms with van der Waals surface area (Å²) < 4.78 is 1.06. The quantitative estimate of drug-likeness (QED) is 0.654. The zero-order valence-electron chi connectivity index (χ0n) is 6.40. The molecule has 0 atom stereocenters. The summed E-state index contributed by atoms with van der Waals surface area (Å²) in [6.45, 7) is 0. The molecular weight excluding hydrogens is 184 g/mol.